The third-order valence-corrected chi connectivity index (χ3v) is 4.01. The van der Waals surface area contributed by atoms with Crippen molar-refractivity contribution in [1.29, 1.82) is 0 Å². The molecule has 0 saturated carbocycles. The van der Waals surface area contributed by atoms with Gasteiger partial charge in [0.1, 0.15) is 18.3 Å². The van der Waals surface area contributed by atoms with Gasteiger partial charge in [-0.15, -0.1) is 0 Å². The molecule has 1 aliphatic heterocycles. The minimum atomic E-state index is -5.07. The number of aliphatic hydroxyl groups is 3. The van der Waals surface area contributed by atoms with E-state index in [2.05, 4.69) is 0 Å². The van der Waals surface area contributed by atoms with Crippen LogP contribution in [-0.2, 0) is 9.30 Å². The minimum Gasteiger partial charge on any atom is -0.811 e. The number of nitrogens with one attached hydrogen (secondary N) is 1. The predicted molar refractivity (Wildman–Crippen MR) is 65.7 cm³/mol. The Morgan fingerprint density at radius 3 is 2.38 bits per heavy atom. The summed E-state index contributed by atoms with van der Waals surface area (Å²) in [5.74, 6) is 0. The van der Waals surface area contributed by atoms with Crippen LogP contribution in [0.5, 0.6) is 0 Å². The first kappa shape index (κ1) is 24.7. The molecule has 1 aromatic rings. The summed E-state index contributed by atoms with van der Waals surface area (Å²) in [6, 6.07) is 0.969. The van der Waals surface area contributed by atoms with Gasteiger partial charge in [0.2, 0.25) is 0 Å². The normalized spacial score (nSPS) is 27.9. The number of rotatable bonds is 4. The smallest absolute Gasteiger partial charge is 0.811 e. The van der Waals surface area contributed by atoms with Gasteiger partial charge < -0.3 is 34.4 Å². The van der Waals surface area contributed by atoms with Gasteiger partial charge in [-0.1, -0.05) is 7.60 Å². The van der Waals surface area contributed by atoms with Crippen molar-refractivity contribution < 1.29 is 93.5 Å². The molecule has 1 saturated heterocycles. The SMILES string of the molecule is O=c1ccn([C@@H]2O[C@H]([C@H](O)CP(=O)([O-])[O-])[C@@H](O)[C@@H]2O)c(=O)[nH]1.[Na+].[Na+]. The molecule has 0 aromatic carbocycles. The van der Waals surface area contributed by atoms with Gasteiger partial charge in [0.05, 0.1) is 6.10 Å². The topological polar surface area (TPSA) is 188 Å². The Morgan fingerprint density at radius 1 is 1.29 bits per heavy atom. The Hall–Kier alpha value is 0.670. The van der Waals surface area contributed by atoms with Crippen LogP contribution in [0.2, 0.25) is 0 Å². The Bertz CT molecular complexity index is 704. The first-order valence-electron chi connectivity index (χ1n) is 6.12. The Morgan fingerprint density at radius 2 is 1.88 bits per heavy atom. The van der Waals surface area contributed by atoms with E-state index < -0.39 is 55.7 Å². The summed E-state index contributed by atoms with van der Waals surface area (Å²) in [6.45, 7) is 0. The quantitative estimate of drug-likeness (QED) is 0.289. The number of nitrogens with zero attached hydrogens (tertiary/aromatic N) is 1. The van der Waals surface area contributed by atoms with Crippen LogP contribution >= 0.6 is 7.60 Å². The second-order valence-corrected chi connectivity index (χ2v) is 6.44. The maximum atomic E-state index is 11.6. The summed E-state index contributed by atoms with van der Waals surface area (Å²) in [7, 11) is -5.07. The maximum absolute atomic E-state index is 11.6. The molecule has 0 bridgehead atoms. The van der Waals surface area contributed by atoms with Gasteiger partial charge in [-0.05, 0) is 0 Å². The molecule has 1 aromatic heterocycles. The monoisotopic (exact) mass is 382 g/mol. The van der Waals surface area contributed by atoms with Gasteiger partial charge in [0.15, 0.2) is 6.23 Å². The fraction of sp³-hybridized carbons (Fsp3) is 0.600. The average molecular weight is 382 g/mol. The van der Waals surface area contributed by atoms with Gasteiger partial charge in [-0.25, -0.2) is 4.79 Å². The van der Waals surface area contributed by atoms with Crippen molar-refractivity contribution >= 4 is 7.60 Å². The zero-order valence-electron chi connectivity index (χ0n) is 12.9. The minimum absolute atomic E-state index is 0. The van der Waals surface area contributed by atoms with E-state index in [1.54, 1.807) is 0 Å². The predicted octanol–water partition coefficient (Wildman–Crippen LogP) is -10.6. The molecular weight excluding hydrogens is 369 g/mol. The number of aliphatic hydroxyl groups excluding tert-OH is 3. The Kier molecular flexibility index (Phi) is 9.83. The van der Waals surface area contributed by atoms with E-state index in [4.69, 9.17) is 4.74 Å². The number of hydrogen-bond acceptors (Lipinski definition) is 9. The van der Waals surface area contributed by atoms with Crippen LogP contribution in [-0.4, -0.2) is 55.4 Å². The zero-order valence-corrected chi connectivity index (χ0v) is 17.8. The molecule has 4 N–H and O–H groups in total. The fourth-order valence-electron chi connectivity index (χ4n) is 2.19. The van der Waals surface area contributed by atoms with Crippen molar-refractivity contribution in [1.82, 2.24) is 9.55 Å². The van der Waals surface area contributed by atoms with E-state index in [1.165, 1.54) is 0 Å². The van der Waals surface area contributed by atoms with Crippen LogP contribution in [0.1, 0.15) is 6.23 Å². The van der Waals surface area contributed by atoms with E-state index in [0.717, 1.165) is 16.8 Å². The van der Waals surface area contributed by atoms with Crippen molar-refractivity contribution in [3.63, 3.8) is 0 Å². The zero-order chi connectivity index (χ0) is 16.7. The van der Waals surface area contributed by atoms with E-state index in [-0.39, 0.29) is 59.1 Å². The van der Waals surface area contributed by atoms with Crippen molar-refractivity contribution in [3.8, 4) is 0 Å². The van der Waals surface area contributed by atoms with E-state index in [9.17, 15) is 39.3 Å². The molecule has 2 heterocycles. The number of aromatic nitrogens is 2. The van der Waals surface area contributed by atoms with Gasteiger partial charge in [0.25, 0.3) is 5.56 Å². The summed E-state index contributed by atoms with van der Waals surface area (Å²) in [5.41, 5.74) is -1.62. The molecule has 0 unspecified atom stereocenters. The fourth-order valence-corrected chi connectivity index (χ4v) is 2.86. The molecule has 0 amide bonds. The standard InChI is InChI=1S/C10H15N2O9P.2Na/c13-4(3-22(18,19)20)8-6(15)7(16)9(21-8)12-2-1-5(14)11-10(12)17;;/h1-2,4,6-9,13,15-16H,3H2,(H,11,14,17)(H2,18,19,20);;/q;2*+1/p-2/t4-,6+,7+,8-,9-;;/m1../s1. The number of aromatic amines is 1. The first-order valence-corrected chi connectivity index (χ1v) is 7.85. The average Bonchev–Trinajstić information content (AvgIpc) is 2.65. The van der Waals surface area contributed by atoms with E-state index in [1.807, 2.05) is 4.98 Å². The Labute approximate surface area is 179 Å². The molecular formula is C10H13N2Na2O9P. The van der Waals surface area contributed by atoms with Crippen molar-refractivity contribution in [2.24, 2.45) is 0 Å². The van der Waals surface area contributed by atoms with Gasteiger partial charge in [0, 0.05) is 18.4 Å². The van der Waals surface area contributed by atoms with Crippen molar-refractivity contribution in [2.75, 3.05) is 6.16 Å². The molecule has 0 radical (unpaired) electrons. The van der Waals surface area contributed by atoms with Crippen LogP contribution < -0.4 is 80.2 Å². The summed E-state index contributed by atoms with van der Waals surface area (Å²) < 4.78 is 16.5. The third-order valence-electron chi connectivity index (χ3n) is 3.19. The van der Waals surface area contributed by atoms with Crippen molar-refractivity contribution in [2.45, 2.75) is 30.6 Å². The van der Waals surface area contributed by atoms with Crippen LogP contribution in [0, 0.1) is 0 Å². The molecule has 1 aliphatic rings. The van der Waals surface area contributed by atoms with Crippen molar-refractivity contribution in [3.05, 3.63) is 33.1 Å². The molecule has 0 aliphatic carbocycles. The summed E-state index contributed by atoms with van der Waals surface area (Å²) >= 11 is 0. The van der Waals surface area contributed by atoms with E-state index in [0.29, 0.717) is 0 Å². The Balaban J connectivity index is 0.00000264. The molecule has 11 nitrogen and oxygen atoms in total. The van der Waals surface area contributed by atoms with Gasteiger partial charge >= 0.3 is 64.8 Å². The number of ether oxygens (including phenoxy) is 1. The molecule has 1 fully saturated rings. The van der Waals surface area contributed by atoms with Crippen LogP contribution in [0.3, 0.4) is 0 Å². The van der Waals surface area contributed by atoms with Gasteiger partial charge in [-0.2, -0.15) is 0 Å². The molecule has 0 spiro atoms. The third kappa shape index (κ3) is 5.85. The number of hydrogen-bond donors (Lipinski definition) is 4. The first-order chi connectivity index (χ1) is 10.1. The maximum Gasteiger partial charge on any atom is 1.00 e. The second kappa shape index (κ2) is 9.56. The largest absolute Gasteiger partial charge is 1.00 e. The summed E-state index contributed by atoms with van der Waals surface area (Å²) in [4.78, 5) is 45.8. The number of H-pyrrole nitrogens is 1. The molecule has 24 heavy (non-hydrogen) atoms. The molecule has 2 rings (SSSR count). The van der Waals surface area contributed by atoms with Crippen LogP contribution in [0.25, 0.3) is 0 Å². The second-order valence-electron chi connectivity index (χ2n) is 4.85. The molecule has 14 heteroatoms. The summed E-state index contributed by atoms with van der Waals surface area (Å²) in [5, 5.41) is 29.3. The van der Waals surface area contributed by atoms with Crippen LogP contribution in [0.4, 0.5) is 0 Å². The molecule has 5 atom stereocenters. The summed E-state index contributed by atoms with van der Waals surface area (Å²) in [6.07, 6.45) is -8.54. The van der Waals surface area contributed by atoms with E-state index >= 15 is 0 Å². The molecule has 124 valence electrons. The van der Waals surface area contributed by atoms with Gasteiger partial charge in [-0.3, -0.25) is 14.3 Å². The van der Waals surface area contributed by atoms with Crippen LogP contribution in [0.15, 0.2) is 21.9 Å².